The van der Waals surface area contributed by atoms with E-state index in [0.717, 1.165) is 11.8 Å². The molecule has 0 heterocycles. The summed E-state index contributed by atoms with van der Waals surface area (Å²) in [6.07, 6.45) is 4.65. The Kier molecular flexibility index (Phi) is 1.42. The van der Waals surface area contributed by atoms with Gasteiger partial charge in [-0.3, -0.25) is 0 Å². The molecule has 0 aromatic carbocycles. The van der Waals surface area contributed by atoms with Crippen molar-refractivity contribution in [2.75, 3.05) is 0 Å². The SMILES string of the molecule is CC1C=CC(C)C1(C)C. The fourth-order valence-corrected chi connectivity index (χ4v) is 1.24. The van der Waals surface area contributed by atoms with E-state index >= 15 is 0 Å². The normalized spacial score (nSPS) is 39.6. The summed E-state index contributed by atoms with van der Waals surface area (Å²) >= 11 is 0. The summed E-state index contributed by atoms with van der Waals surface area (Å²) in [5, 5.41) is 0. The number of allylic oxidation sites excluding steroid dienone is 2. The molecule has 0 spiro atoms. The molecule has 2 unspecified atom stereocenters. The van der Waals surface area contributed by atoms with Crippen LogP contribution in [0.15, 0.2) is 12.2 Å². The molecular weight excluding hydrogens is 108 g/mol. The zero-order valence-corrected chi connectivity index (χ0v) is 6.81. The molecule has 0 nitrogen and oxygen atoms in total. The van der Waals surface area contributed by atoms with E-state index in [2.05, 4.69) is 39.8 Å². The van der Waals surface area contributed by atoms with Crippen molar-refractivity contribution in [2.24, 2.45) is 17.3 Å². The average Bonchev–Trinajstić information content (AvgIpc) is 1.96. The third-order valence-corrected chi connectivity index (χ3v) is 3.04. The first-order valence-electron chi connectivity index (χ1n) is 3.73. The lowest BCUT2D eigenvalue weighted by Crippen LogP contribution is -2.21. The smallest absolute Gasteiger partial charge is 0.0205 e. The fraction of sp³-hybridized carbons (Fsp3) is 0.778. The van der Waals surface area contributed by atoms with Crippen molar-refractivity contribution >= 4 is 0 Å². The quantitative estimate of drug-likeness (QED) is 0.435. The maximum Gasteiger partial charge on any atom is -0.0205 e. The maximum atomic E-state index is 2.34. The second-order valence-corrected chi connectivity index (χ2v) is 3.78. The zero-order chi connectivity index (χ0) is 7.07. The Morgan fingerprint density at radius 1 is 1.00 bits per heavy atom. The Hall–Kier alpha value is -0.260. The van der Waals surface area contributed by atoms with Crippen LogP contribution in [0.25, 0.3) is 0 Å². The van der Waals surface area contributed by atoms with E-state index < -0.39 is 0 Å². The number of hydrogen-bond donors (Lipinski definition) is 0. The topological polar surface area (TPSA) is 0 Å². The van der Waals surface area contributed by atoms with Crippen LogP contribution in [0.3, 0.4) is 0 Å². The second-order valence-electron chi connectivity index (χ2n) is 3.78. The highest BCUT2D eigenvalue weighted by Gasteiger charge is 2.32. The molecule has 2 atom stereocenters. The molecule has 0 fully saturated rings. The molecule has 0 saturated heterocycles. The van der Waals surface area contributed by atoms with Crippen LogP contribution in [0.4, 0.5) is 0 Å². The summed E-state index contributed by atoms with van der Waals surface area (Å²) in [6.45, 7) is 9.25. The first-order valence-corrected chi connectivity index (χ1v) is 3.73. The van der Waals surface area contributed by atoms with Crippen LogP contribution in [0, 0.1) is 17.3 Å². The van der Waals surface area contributed by atoms with Gasteiger partial charge in [-0.1, -0.05) is 39.8 Å². The molecule has 0 aromatic rings. The maximum absolute atomic E-state index is 2.34. The Morgan fingerprint density at radius 2 is 1.33 bits per heavy atom. The first-order chi connectivity index (χ1) is 4.05. The molecule has 0 amide bonds. The van der Waals surface area contributed by atoms with Gasteiger partial charge in [0.1, 0.15) is 0 Å². The van der Waals surface area contributed by atoms with Crippen LogP contribution in [0.1, 0.15) is 27.7 Å². The standard InChI is InChI=1S/C9H16/c1-7-5-6-8(2)9(7,3)4/h5-8H,1-4H3. The Morgan fingerprint density at radius 3 is 1.44 bits per heavy atom. The highest BCUT2D eigenvalue weighted by molar-refractivity contribution is 5.08. The van der Waals surface area contributed by atoms with Crippen LogP contribution in [-0.4, -0.2) is 0 Å². The van der Waals surface area contributed by atoms with E-state index in [4.69, 9.17) is 0 Å². The van der Waals surface area contributed by atoms with Crippen molar-refractivity contribution < 1.29 is 0 Å². The monoisotopic (exact) mass is 124 g/mol. The third kappa shape index (κ3) is 0.910. The zero-order valence-electron chi connectivity index (χ0n) is 6.81. The Labute approximate surface area is 58.0 Å². The Balaban J connectivity index is 2.76. The Bertz CT molecular complexity index is 117. The highest BCUT2D eigenvalue weighted by Crippen LogP contribution is 2.41. The molecule has 9 heavy (non-hydrogen) atoms. The molecule has 0 radical (unpaired) electrons. The van der Waals surface area contributed by atoms with E-state index in [-0.39, 0.29) is 0 Å². The largest absolute Gasteiger partial charge is 0.0849 e. The van der Waals surface area contributed by atoms with Gasteiger partial charge in [-0.2, -0.15) is 0 Å². The first kappa shape index (κ1) is 6.85. The van der Waals surface area contributed by atoms with Crippen molar-refractivity contribution in [1.82, 2.24) is 0 Å². The molecule has 52 valence electrons. The van der Waals surface area contributed by atoms with Gasteiger partial charge in [-0.05, 0) is 17.3 Å². The molecule has 1 aliphatic carbocycles. The predicted octanol–water partition coefficient (Wildman–Crippen LogP) is 2.85. The number of hydrogen-bond acceptors (Lipinski definition) is 0. The van der Waals surface area contributed by atoms with E-state index in [0.29, 0.717) is 5.41 Å². The summed E-state index contributed by atoms with van der Waals surface area (Å²) < 4.78 is 0. The van der Waals surface area contributed by atoms with Gasteiger partial charge < -0.3 is 0 Å². The van der Waals surface area contributed by atoms with Crippen molar-refractivity contribution in [1.29, 1.82) is 0 Å². The molecule has 1 rings (SSSR count). The molecule has 0 heteroatoms. The fourth-order valence-electron chi connectivity index (χ4n) is 1.24. The van der Waals surface area contributed by atoms with Gasteiger partial charge in [-0.25, -0.2) is 0 Å². The lowest BCUT2D eigenvalue weighted by molar-refractivity contribution is 0.232. The molecule has 0 saturated carbocycles. The van der Waals surface area contributed by atoms with Gasteiger partial charge in [-0.15, -0.1) is 0 Å². The van der Waals surface area contributed by atoms with Crippen LogP contribution in [0.2, 0.25) is 0 Å². The molecule has 0 N–H and O–H groups in total. The van der Waals surface area contributed by atoms with E-state index in [1.54, 1.807) is 0 Å². The lowest BCUT2D eigenvalue weighted by Gasteiger charge is -2.28. The van der Waals surface area contributed by atoms with Crippen molar-refractivity contribution in [3.8, 4) is 0 Å². The number of rotatable bonds is 0. The van der Waals surface area contributed by atoms with Gasteiger partial charge in [0.2, 0.25) is 0 Å². The van der Waals surface area contributed by atoms with Crippen molar-refractivity contribution in [3.05, 3.63) is 12.2 Å². The third-order valence-electron chi connectivity index (χ3n) is 3.04. The summed E-state index contributed by atoms with van der Waals surface area (Å²) in [6, 6.07) is 0. The summed E-state index contributed by atoms with van der Waals surface area (Å²) in [7, 11) is 0. The van der Waals surface area contributed by atoms with Crippen LogP contribution in [-0.2, 0) is 0 Å². The summed E-state index contributed by atoms with van der Waals surface area (Å²) in [5.74, 6) is 1.51. The van der Waals surface area contributed by atoms with Gasteiger partial charge in [0.05, 0.1) is 0 Å². The molecule has 0 aromatic heterocycles. The van der Waals surface area contributed by atoms with Gasteiger partial charge in [0.15, 0.2) is 0 Å². The minimum absolute atomic E-state index is 0.500. The van der Waals surface area contributed by atoms with Crippen LogP contribution < -0.4 is 0 Å². The van der Waals surface area contributed by atoms with E-state index in [1.165, 1.54) is 0 Å². The van der Waals surface area contributed by atoms with Crippen LogP contribution >= 0.6 is 0 Å². The predicted molar refractivity (Wildman–Crippen MR) is 41.2 cm³/mol. The van der Waals surface area contributed by atoms with E-state index in [9.17, 15) is 0 Å². The van der Waals surface area contributed by atoms with E-state index in [1.807, 2.05) is 0 Å². The minimum atomic E-state index is 0.500. The van der Waals surface area contributed by atoms with Crippen LogP contribution in [0.5, 0.6) is 0 Å². The molecule has 0 bridgehead atoms. The highest BCUT2D eigenvalue weighted by atomic mass is 14.4. The molecular formula is C9H16. The second kappa shape index (κ2) is 1.86. The van der Waals surface area contributed by atoms with Gasteiger partial charge in [0.25, 0.3) is 0 Å². The summed E-state index contributed by atoms with van der Waals surface area (Å²) in [4.78, 5) is 0. The molecule has 1 aliphatic rings. The van der Waals surface area contributed by atoms with Crippen molar-refractivity contribution in [2.45, 2.75) is 27.7 Å². The van der Waals surface area contributed by atoms with Crippen molar-refractivity contribution in [3.63, 3.8) is 0 Å². The van der Waals surface area contributed by atoms with Gasteiger partial charge >= 0.3 is 0 Å². The molecule has 0 aliphatic heterocycles. The van der Waals surface area contributed by atoms with Gasteiger partial charge in [0, 0.05) is 0 Å². The summed E-state index contributed by atoms with van der Waals surface area (Å²) in [5.41, 5.74) is 0.500. The average molecular weight is 124 g/mol. The minimum Gasteiger partial charge on any atom is -0.0849 e. The lowest BCUT2D eigenvalue weighted by atomic mass is 9.76.